The number of allylic oxidation sites excluding steroid dienone is 6. The van der Waals surface area contributed by atoms with Crippen molar-refractivity contribution in [3.05, 3.63) is 36.5 Å². The third-order valence-corrected chi connectivity index (χ3v) is 10.3. The molecular formula is C48H88NO7+. The SMILES string of the molecule is CCCC/C=C/CCCCCCC(=O)OC(COCCC(C(=O)O)[N+](C)(C)C)COC(=O)CCCCCCCCC/C=C/C/C=C/CCCCCCCCCC. The molecule has 0 saturated carbocycles. The summed E-state index contributed by atoms with van der Waals surface area (Å²) < 4.78 is 17.2. The Kier molecular flexibility index (Phi) is 37.7. The molecule has 0 saturated heterocycles. The summed E-state index contributed by atoms with van der Waals surface area (Å²) in [6, 6.07) is -0.616. The topological polar surface area (TPSA) is 99.1 Å². The van der Waals surface area contributed by atoms with Crippen LogP contribution in [0.4, 0.5) is 0 Å². The number of rotatable bonds is 41. The van der Waals surface area contributed by atoms with E-state index < -0.39 is 18.1 Å². The average Bonchev–Trinajstić information content (AvgIpc) is 3.15. The molecule has 1 N–H and O–H groups in total. The van der Waals surface area contributed by atoms with E-state index in [4.69, 9.17) is 14.2 Å². The zero-order valence-electron chi connectivity index (χ0n) is 37.1. The number of hydrogen-bond donors (Lipinski definition) is 1. The smallest absolute Gasteiger partial charge is 0.362 e. The number of carboxylic acid groups (broad SMARTS) is 1. The zero-order chi connectivity index (χ0) is 41.4. The van der Waals surface area contributed by atoms with Crippen LogP contribution in [0.3, 0.4) is 0 Å². The van der Waals surface area contributed by atoms with Crippen molar-refractivity contribution in [2.24, 2.45) is 0 Å². The third-order valence-electron chi connectivity index (χ3n) is 10.3. The number of quaternary nitrogens is 1. The first-order chi connectivity index (χ1) is 27.1. The molecule has 0 radical (unpaired) electrons. The highest BCUT2D eigenvalue weighted by Gasteiger charge is 2.31. The monoisotopic (exact) mass is 791 g/mol. The van der Waals surface area contributed by atoms with Gasteiger partial charge in [0.25, 0.3) is 0 Å². The highest BCUT2D eigenvalue weighted by atomic mass is 16.6. The molecule has 0 aromatic heterocycles. The van der Waals surface area contributed by atoms with Crippen LogP contribution >= 0.6 is 0 Å². The van der Waals surface area contributed by atoms with Crippen molar-refractivity contribution in [3.8, 4) is 0 Å². The zero-order valence-corrected chi connectivity index (χ0v) is 37.1. The minimum Gasteiger partial charge on any atom is -0.477 e. The lowest BCUT2D eigenvalue weighted by atomic mass is 10.1. The molecule has 0 spiro atoms. The number of hydrogen-bond acceptors (Lipinski definition) is 6. The van der Waals surface area contributed by atoms with Crippen LogP contribution < -0.4 is 0 Å². The van der Waals surface area contributed by atoms with Gasteiger partial charge in [-0.1, -0.05) is 153 Å². The maximum Gasteiger partial charge on any atom is 0.362 e. The summed E-state index contributed by atoms with van der Waals surface area (Å²) in [4.78, 5) is 36.9. The average molecular weight is 791 g/mol. The lowest BCUT2D eigenvalue weighted by Gasteiger charge is -2.31. The first-order valence-corrected chi connectivity index (χ1v) is 23.0. The number of esters is 2. The number of likely N-dealkylation sites (N-methyl/N-ethyl adjacent to an activating group) is 1. The summed E-state index contributed by atoms with van der Waals surface area (Å²) in [5.74, 6) is -1.49. The van der Waals surface area contributed by atoms with Gasteiger partial charge in [0, 0.05) is 19.3 Å². The molecule has 2 unspecified atom stereocenters. The van der Waals surface area contributed by atoms with Crippen LogP contribution in [0.1, 0.15) is 200 Å². The maximum atomic E-state index is 12.7. The Balaban J connectivity index is 4.22. The number of carbonyl (C=O) groups is 3. The van der Waals surface area contributed by atoms with Crippen LogP contribution in [0.25, 0.3) is 0 Å². The van der Waals surface area contributed by atoms with Crippen LogP contribution in [-0.2, 0) is 28.6 Å². The fourth-order valence-electron chi connectivity index (χ4n) is 6.63. The van der Waals surface area contributed by atoms with Crippen LogP contribution in [0, 0.1) is 0 Å². The van der Waals surface area contributed by atoms with E-state index in [-0.39, 0.29) is 36.2 Å². The Morgan fingerprint density at radius 3 is 1.45 bits per heavy atom. The summed E-state index contributed by atoms with van der Waals surface area (Å²) in [6.45, 7) is 4.67. The second kappa shape index (κ2) is 39.4. The summed E-state index contributed by atoms with van der Waals surface area (Å²) in [6.07, 6.45) is 44.8. The fraction of sp³-hybridized carbons (Fsp3) is 0.812. The molecule has 2 atom stereocenters. The predicted molar refractivity (Wildman–Crippen MR) is 234 cm³/mol. The van der Waals surface area contributed by atoms with Gasteiger partial charge in [0.2, 0.25) is 0 Å². The number of nitrogens with zero attached hydrogens (tertiary/aromatic N) is 1. The van der Waals surface area contributed by atoms with Gasteiger partial charge in [-0.15, -0.1) is 0 Å². The molecule has 8 nitrogen and oxygen atoms in total. The Labute approximate surface area is 344 Å². The van der Waals surface area contributed by atoms with Crippen molar-refractivity contribution >= 4 is 17.9 Å². The molecule has 326 valence electrons. The van der Waals surface area contributed by atoms with Gasteiger partial charge in [0.15, 0.2) is 12.1 Å². The summed E-state index contributed by atoms with van der Waals surface area (Å²) >= 11 is 0. The lowest BCUT2D eigenvalue weighted by molar-refractivity contribution is -0.887. The second-order valence-electron chi connectivity index (χ2n) is 16.7. The molecule has 0 amide bonds. The second-order valence-corrected chi connectivity index (χ2v) is 16.7. The molecule has 0 fully saturated rings. The number of ether oxygens (including phenoxy) is 3. The van der Waals surface area contributed by atoms with Crippen molar-refractivity contribution < 1.29 is 38.2 Å². The Hall–Kier alpha value is -2.45. The number of carboxylic acids is 1. The molecule has 0 aliphatic heterocycles. The number of aliphatic carboxylic acids is 1. The van der Waals surface area contributed by atoms with E-state index in [1.165, 1.54) is 96.3 Å². The van der Waals surface area contributed by atoms with E-state index in [9.17, 15) is 19.5 Å². The maximum absolute atomic E-state index is 12.7. The van der Waals surface area contributed by atoms with Gasteiger partial charge in [0.05, 0.1) is 34.4 Å². The molecule has 56 heavy (non-hydrogen) atoms. The quantitative estimate of drug-likeness (QED) is 0.0285. The van der Waals surface area contributed by atoms with E-state index in [2.05, 4.69) is 50.3 Å². The highest BCUT2D eigenvalue weighted by Crippen LogP contribution is 2.14. The van der Waals surface area contributed by atoms with Crippen molar-refractivity contribution in [2.75, 3.05) is 41.0 Å². The lowest BCUT2D eigenvalue weighted by Crippen LogP contribution is -2.50. The third kappa shape index (κ3) is 37.1. The van der Waals surface area contributed by atoms with Crippen molar-refractivity contribution in [1.29, 1.82) is 0 Å². The van der Waals surface area contributed by atoms with Gasteiger partial charge in [-0.25, -0.2) is 4.79 Å². The van der Waals surface area contributed by atoms with Crippen LogP contribution in [0.2, 0.25) is 0 Å². The Morgan fingerprint density at radius 1 is 0.536 bits per heavy atom. The van der Waals surface area contributed by atoms with Crippen LogP contribution in [0.15, 0.2) is 36.5 Å². The van der Waals surface area contributed by atoms with E-state index in [0.717, 1.165) is 70.6 Å². The van der Waals surface area contributed by atoms with Crippen molar-refractivity contribution in [1.82, 2.24) is 0 Å². The fourth-order valence-corrected chi connectivity index (χ4v) is 6.63. The number of carbonyl (C=O) groups excluding carboxylic acids is 2. The molecule has 8 heteroatoms. The van der Waals surface area contributed by atoms with Gasteiger partial charge in [-0.2, -0.15) is 0 Å². The molecule has 0 rings (SSSR count). The summed E-state index contributed by atoms with van der Waals surface area (Å²) in [5, 5.41) is 9.61. The molecular weight excluding hydrogens is 703 g/mol. The van der Waals surface area contributed by atoms with E-state index >= 15 is 0 Å². The first kappa shape index (κ1) is 53.6. The Bertz CT molecular complexity index is 1020. The van der Waals surface area contributed by atoms with Crippen molar-refractivity contribution in [2.45, 2.75) is 212 Å². The van der Waals surface area contributed by atoms with Crippen LogP contribution in [0.5, 0.6) is 0 Å². The Morgan fingerprint density at radius 2 is 0.964 bits per heavy atom. The standard InChI is InChI=1S/C48H87NO7/c1-6-8-10-12-14-16-18-19-20-21-22-23-24-25-26-27-28-29-31-32-34-36-38-46(50)55-43-44(42-54-41-40-45(48(52)53)49(3,4)5)56-47(51)39-37-35-33-30-17-15-13-11-9-7-2/h13,15,21-22,24-25,44-45H,6-12,14,16-20,23,26-43H2,1-5H3/p+1/b15-13+,22-21+,25-24+. The normalized spacial score (nSPS) is 13.2. The number of unbranched alkanes of at least 4 members (excludes halogenated alkanes) is 21. The predicted octanol–water partition coefficient (Wildman–Crippen LogP) is 12.6. The molecule has 0 bridgehead atoms. The van der Waals surface area contributed by atoms with E-state index in [1.54, 1.807) is 0 Å². The van der Waals surface area contributed by atoms with Crippen LogP contribution in [-0.4, -0.2) is 80.6 Å². The van der Waals surface area contributed by atoms with E-state index in [1.807, 2.05) is 21.1 Å². The molecule has 0 aromatic rings. The minimum absolute atomic E-state index is 0.0547. The highest BCUT2D eigenvalue weighted by molar-refractivity contribution is 5.72. The van der Waals surface area contributed by atoms with E-state index in [0.29, 0.717) is 19.3 Å². The molecule has 0 heterocycles. The molecule has 0 aromatic carbocycles. The first-order valence-electron chi connectivity index (χ1n) is 23.0. The largest absolute Gasteiger partial charge is 0.477 e. The van der Waals surface area contributed by atoms with Gasteiger partial charge in [-0.05, 0) is 64.2 Å². The summed E-state index contributed by atoms with van der Waals surface area (Å²) in [5.41, 5.74) is 0. The molecule has 0 aliphatic rings. The summed E-state index contributed by atoms with van der Waals surface area (Å²) in [7, 11) is 5.52. The van der Waals surface area contributed by atoms with Gasteiger partial charge < -0.3 is 23.8 Å². The molecule has 0 aliphatic carbocycles. The van der Waals surface area contributed by atoms with Gasteiger partial charge in [-0.3, -0.25) is 9.59 Å². The van der Waals surface area contributed by atoms with Crippen molar-refractivity contribution in [3.63, 3.8) is 0 Å². The van der Waals surface area contributed by atoms with Gasteiger partial charge >= 0.3 is 17.9 Å². The van der Waals surface area contributed by atoms with Gasteiger partial charge in [0.1, 0.15) is 6.61 Å². The minimum atomic E-state index is -0.878.